The Balaban J connectivity index is 1.40. The van der Waals surface area contributed by atoms with Crippen molar-refractivity contribution in [2.45, 2.75) is 45.3 Å². The van der Waals surface area contributed by atoms with Crippen LogP contribution in [0, 0.1) is 22.6 Å². The Bertz CT molecular complexity index is 1010. The molecule has 1 aromatic carbocycles. The van der Waals surface area contributed by atoms with Gasteiger partial charge in [0.1, 0.15) is 23.3 Å². The van der Waals surface area contributed by atoms with E-state index in [0.717, 1.165) is 24.0 Å². The number of hydrogen-bond donors (Lipinski definition) is 3. The van der Waals surface area contributed by atoms with Crippen LogP contribution >= 0.6 is 0 Å². The largest absolute Gasteiger partial charge is 0.392 e. The first-order valence-corrected chi connectivity index (χ1v) is 9.82. The second-order valence-corrected chi connectivity index (χ2v) is 8.25. The van der Waals surface area contributed by atoms with Crippen LogP contribution in [0.15, 0.2) is 30.5 Å². The predicted molar refractivity (Wildman–Crippen MR) is 110 cm³/mol. The van der Waals surface area contributed by atoms with Crippen molar-refractivity contribution in [2.24, 2.45) is 5.41 Å². The zero-order chi connectivity index (χ0) is 20.6. The Morgan fingerprint density at radius 2 is 2.21 bits per heavy atom. The normalized spacial score (nSPS) is 21.6. The summed E-state index contributed by atoms with van der Waals surface area (Å²) in [5.41, 5.74) is 3.41. The number of hydrogen-bond acceptors (Lipinski definition) is 6. The molecule has 29 heavy (non-hydrogen) atoms. The Morgan fingerprint density at radius 3 is 2.93 bits per heavy atom. The summed E-state index contributed by atoms with van der Waals surface area (Å²) in [4.78, 5) is 8.70. The van der Waals surface area contributed by atoms with E-state index in [1.807, 2.05) is 19.9 Å². The molecule has 0 bridgehead atoms. The lowest BCUT2D eigenvalue weighted by atomic mass is 9.64. The highest BCUT2D eigenvalue weighted by molar-refractivity contribution is 5.73. The van der Waals surface area contributed by atoms with E-state index in [2.05, 4.69) is 32.7 Å². The topological polar surface area (TPSA) is 93.9 Å². The fourth-order valence-corrected chi connectivity index (χ4v) is 3.90. The van der Waals surface area contributed by atoms with Crippen LogP contribution in [-0.4, -0.2) is 33.8 Å². The highest BCUT2D eigenvalue weighted by Gasteiger charge is 2.47. The molecule has 1 heterocycles. The van der Waals surface area contributed by atoms with Gasteiger partial charge in [0.2, 0.25) is 5.95 Å². The van der Waals surface area contributed by atoms with Crippen LogP contribution in [0.25, 0.3) is 5.57 Å². The number of halogens is 1. The van der Waals surface area contributed by atoms with E-state index in [9.17, 15) is 14.8 Å². The minimum Gasteiger partial charge on any atom is -0.392 e. The highest BCUT2D eigenvalue weighted by Crippen LogP contribution is 2.42. The van der Waals surface area contributed by atoms with Crippen LogP contribution in [0.3, 0.4) is 0 Å². The molecule has 1 saturated carbocycles. The summed E-state index contributed by atoms with van der Waals surface area (Å²) in [6.07, 6.45) is 5.42. The molecule has 0 radical (unpaired) electrons. The maximum absolute atomic E-state index is 13.4. The predicted octanol–water partition coefficient (Wildman–Crippen LogP) is 3.50. The molecule has 2 aliphatic rings. The molecule has 1 aromatic heterocycles. The van der Waals surface area contributed by atoms with Gasteiger partial charge in [-0.2, -0.15) is 10.2 Å². The van der Waals surface area contributed by atoms with E-state index < -0.39 is 0 Å². The number of nitriles is 1. The van der Waals surface area contributed by atoms with Crippen molar-refractivity contribution >= 4 is 17.3 Å². The second-order valence-electron chi connectivity index (χ2n) is 8.25. The molecule has 1 fully saturated rings. The third-order valence-corrected chi connectivity index (χ3v) is 6.10. The molecule has 0 unspecified atom stereocenters. The van der Waals surface area contributed by atoms with Crippen LogP contribution in [0.4, 0.5) is 16.2 Å². The van der Waals surface area contributed by atoms with Crippen molar-refractivity contribution < 1.29 is 9.50 Å². The summed E-state index contributed by atoms with van der Waals surface area (Å²) < 4.78 is 13.4. The van der Waals surface area contributed by atoms with E-state index in [1.165, 1.54) is 17.8 Å². The number of aromatic nitrogens is 2. The van der Waals surface area contributed by atoms with Gasteiger partial charge in [-0.3, -0.25) is 0 Å². The van der Waals surface area contributed by atoms with Gasteiger partial charge in [-0.15, -0.1) is 0 Å². The van der Waals surface area contributed by atoms with Crippen LogP contribution in [-0.2, 0) is 6.42 Å². The molecule has 7 heteroatoms. The Labute approximate surface area is 169 Å². The van der Waals surface area contributed by atoms with Gasteiger partial charge in [0.05, 0.1) is 12.3 Å². The molecule has 3 N–H and O–H groups in total. The van der Waals surface area contributed by atoms with Crippen molar-refractivity contribution in [3.05, 3.63) is 53.0 Å². The van der Waals surface area contributed by atoms with Crippen molar-refractivity contribution in [3.8, 4) is 6.07 Å². The van der Waals surface area contributed by atoms with Crippen LogP contribution in [0.1, 0.15) is 43.4 Å². The van der Waals surface area contributed by atoms with E-state index in [0.29, 0.717) is 30.3 Å². The lowest BCUT2D eigenvalue weighted by Crippen LogP contribution is -2.57. The first-order valence-electron chi connectivity index (χ1n) is 9.82. The molecule has 2 atom stereocenters. The molecule has 6 nitrogen and oxygen atoms in total. The number of rotatable bonds is 6. The number of nitrogens with one attached hydrogen (secondary N) is 2. The standard InChI is InChI=1S/C22H24FN5O/c1-22(2)18(10-19(22)29)27-20-15(11-24)12-26-21(28-20)25-8-7-13-3-4-14-9-16(23)5-6-17(13)14/h3,5-6,9,12,18-19,29H,4,7-8,10H2,1-2H3,(H2,25,26,27,28)/t18-,19+/m1/s1. The van der Waals surface area contributed by atoms with Crippen LogP contribution in [0.5, 0.6) is 0 Å². The summed E-state index contributed by atoms with van der Waals surface area (Å²) in [7, 11) is 0. The first kappa shape index (κ1) is 19.3. The van der Waals surface area contributed by atoms with Crippen molar-refractivity contribution in [2.75, 3.05) is 17.2 Å². The molecule has 4 rings (SSSR count). The smallest absolute Gasteiger partial charge is 0.224 e. The molecule has 150 valence electrons. The van der Waals surface area contributed by atoms with E-state index in [1.54, 1.807) is 6.07 Å². The van der Waals surface area contributed by atoms with Gasteiger partial charge in [0, 0.05) is 18.0 Å². The Kier molecular flexibility index (Phi) is 4.97. The minimum absolute atomic E-state index is 0.0490. The summed E-state index contributed by atoms with van der Waals surface area (Å²) >= 11 is 0. The van der Waals surface area contributed by atoms with Gasteiger partial charge in [-0.1, -0.05) is 26.0 Å². The fraction of sp³-hybridized carbons (Fsp3) is 0.409. The average molecular weight is 393 g/mol. The fourth-order valence-electron chi connectivity index (χ4n) is 3.90. The molecular formula is C22H24FN5O. The number of fused-ring (bicyclic) bond motifs is 1. The number of nitrogens with zero attached hydrogens (tertiary/aromatic N) is 3. The van der Waals surface area contributed by atoms with Gasteiger partial charge in [-0.05, 0) is 48.1 Å². The van der Waals surface area contributed by atoms with Crippen molar-refractivity contribution in [1.82, 2.24) is 9.97 Å². The average Bonchev–Trinajstić information content (AvgIpc) is 3.10. The molecule has 0 spiro atoms. The number of aliphatic hydroxyl groups excluding tert-OH is 1. The molecule has 0 aliphatic heterocycles. The van der Waals surface area contributed by atoms with Gasteiger partial charge >= 0.3 is 0 Å². The maximum Gasteiger partial charge on any atom is 0.224 e. The zero-order valence-electron chi connectivity index (χ0n) is 16.5. The molecular weight excluding hydrogens is 369 g/mol. The second kappa shape index (κ2) is 7.45. The summed E-state index contributed by atoms with van der Waals surface area (Å²) in [5, 5.41) is 25.8. The van der Waals surface area contributed by atoms with Gasteiger partial charge in [0.25, 0.3) is 0 Å². The molecule has 0 amide bonds. The van der Waals surface area contributed by atoms with Gasteiger partial charge < -0.3 is 15.7 Å². The Hall–Kier alpha value is -2.98. The zero-order valence-corrected chi connectivity index (χ0v) is 16.5. The minimum atomic E-state index is -0.360. The van der Waals surface area contributed by atoms with Crippen LogP contribution < -0.4 is 10.6 Å². The number of aliphatic hydroxyl groups is 1. The van der Waals surface area contributed by atoms with Crippen molar-refractivity contribution in [1.29, 1.82) is 5.26 Å². The van der Waals surface area contributed by atoms with E-state index in [4.69, 9.17) is 0 Å². The monoisotopic (exact) mass is 393 g/mol. The first-order chi connectivity index (χ1) is 13.9. The van der Waals surface area contributed by atoms with E-state index in [-0.39, 0.29) is 23.4 Å². The number of anilines is 2. The lowest BCUT2D eigenvalue weighted by Gasteiger charge is -2.49. The van der Waals surface area contributed by atoms with Crippen LogP contribution in [0.2, 0.25) is 0 Å². The van der Waals surface area contributed by atoms with Gasteiger partial charge in [0.15, 0.2) is 0 Å². The highest BCUT2D eigenvalue weighted by atomic mass is 19.1. The van der Waals surface area contributed by atoms with Crippen molar-refractivity contribution in [3.63, 3.8) is 0 Å². The third kappa shape index (κ3) is 3.68. The number of benzene rings is 1. The number of allylic oxidation sites excluding steroid dienone is 1. The summed E-state index contributed by atoms with van der Waals surface area (Å²) in [5.74, 6) is 0.725. The van der Waals surface area contributed by atoms with Gasteiger partial charge in [-0.25, -0.2) is 9.37 Å². The maximum atomic E-state index is 13.4. The molecule has 2 aliphatic carbocycles. The quantitative estimate of drug-likeness (QED) is 0.695. The SMILES string of the molecule is CC1(C)[C@@H](O)C[C@H]1Nc1nc(NCCC2=CCc3cc(F)ccc32)ncc1C#N. The summed E-state index contributed by atoms with van der Waals surface area (Å²) in [6, 6.07) is 7.08. The third-order valence-electron chi connectivity index (χ3n) is 6.10. The van der Waals surface area contributed by atoms with E-state index >= 15 is 0 Å². The summed E-state index contributed by atoms with van der Waals surface area (Å²) in [6.45, 7) is 4.61. The Morgan fingerprint density at radius 1 is 1.38 bits per heavy atom. The lowest BCUT2D eigenvalue weighted by molar-refractivity contribution is -0.0511. The molecule has 2 aromatic rings. The molecule has 0 saturated heterocycles.